The molecule has 1 unspecified atom stereocenters. The molecular weight excluding hydrogens is 150 g/mol. The Hall–Kier alpha value is -0.370. The van der Waals surface area contributed by atoms with Crippen molar-refractivity contribution in [2.24, 2.45) is 5.92 Å². The summed E-state index contributed by atoms with van der Waals surface area (Å²) in [6.45, 7) is 6.55. The molecule has 0 radical (unpaired) electrons. The Morgan fingerprint density at radius 2 is 2.17 bits per heavy atom. The fourth-order valence-electron chi connectivity index (χ4n) is 1.79. The van der Waals surface area contributed by atoms with Crippen molar-refractivity contribution in [1.82, 2.24) is 4.90 Å². The molecule has 0 bridgehead atoms. The number of hydrogen-bond donors (Lipinski definition) is 0. The molecule has 2 nitrogen and oxygen atoms in total. The minimum Gasteiger partial charge on any atom is -0.303 e. The molecule has 1 atom stereocenters. The van der Waals surface area contributed by atoms with Gasteiger partial charge in [-0.3, -0.25) is 0 Å². The van der Waals surface area contributed by atoms with Gasteiger partial charge in [0.2, 0.25) is 0 Å². The third-order valence-electron chi connectivity index (χ3n) is 2.66. The summed E-state index contributed by atoms with van der Waals surface area (Å²) in [4.78, 5) is 13.1. The van der Waals surface area contributed by atoms with Crippen LogP contribution in [0.25, 0.3) is 0 Å². The van der Waals surface area contributed by atoms with E-state index in [-0.39, 0.29) is 5.92 Å². The Kier molecular flexibility index (Phi) is 3.73. The maximum Gasteiger partial charge on any atom is 0.124 e. The SMILES string of the molecule is CC(C)N1CCCCC(C=O)C1. The van der Waals surface area contributed by atoms with Gasteiger partial charge in [0.25, 0.3) is 0 Å². The van der Waals surface area contributed by atoms with Crippen LogP contribution in [0.2, 0.25) is 0 Å². The number of carbonyl (C=O) groups excluding carboxylic acids is 1. The van der Waals surface area contributed by atoms with Crippen LogP contribution in [0.4, 0.5) is 0 Å². The fraction of sp³-hybridized carbons (Fsp3) is 0.900. The van der Waals surface area contributed by atoms with Gasteiger partial charge in [0.15, 0.2) is 0 Å². The number of likely N-dealkylation sites (tertiary alicyclic amines) is 1. The zero-order chi connectivity index (χ0) is 8.97. The van der Waals surface area contributed by atoms with Crippen LogP contribution in [0.3, 0.4) is 0 Å². The molecule has 0 spiro atoms. The summed E-state index contributed by atoms with van der Waals surface area (Å²) in [5, 5.41) is 0. The predicted octanol–water partition coefficient (Wildman–Crippen LogP) is 1.70. The van der Waals surface area contributed by atoms with Crippen LogP contribution in [-0.2, 0) is 4.79 Å². The van der Waals surface area contributed by atoms with E-state index in [1.165, 1.54) is 19.4 Å². The van der Waals surface area contributed by atoms with Gasteiger partial charge in [-0.1, -0.05) is 6.42 Å². The topological polar surface area (TPSA) is 20.3 Å². The van der Waals surface area contributed by atoms with Crippen LogP contribution in [-0.4, -0.2) is 30.3 Å². The molecule has 2 heteroatoms. The smallest absolute Gasteiger partial charge is 0.124 e. The van der Waals surface area contributed by atoms with E-state index < -0.39 is 0 Å². The number of hydrogen-bond acceptors (Lipinski definition) is 2. The lowest BCUT2D eigenvalue weighted by atomic mass is 10.1. The molecule has 0 aromatic heterocycles. The normalized spacial score (nSPS) is 27.1. The van der Waals surface area contributed by atoms with E-state index in [2.05, 4.69) is 18.7 Å². The van der Waals surface area contributed by atoms with Crippen molar-refractivity contribution in [1.29, 1.82) is 0 Å². The molecule has 0 aromatic carbocycles. The van der Waals surface area contributed by atoms with Crippen molar-refractivity contribution >= 4 is 6.29 Å². The second-order valence-electron chi connectivity index (χ2n) is 3.98. The molecule has 0 N–H and O–H groups in total. The van der Waals surface area contributed by atoms with Gasteiger partial charge in [-0.05, 0) is 33.2 Å². The zero-order valence-electron chi connectivity index (χ0n) is 8.12. The second kappa shape index (κ2) is 4.61. The van der Waals surface area contributed by atoms with E-state index in [9.17, 15) is 4.79 Å². The van der Waals surface area contributed by atoms with Crippen molar-refractivity contribution in [2.75, 3.05) is 13.1 Å². The summed E-state index contributed by atoms with van der Waals surface area (Å²) in [6, 6.07) is 0.588. The average Bonchev–Trinajstić information content (AvgIpc) is 2.28. The van der Waals surface area contributed by atoms with E-state index in [4.69, 9.17) is 0 Å². The molecule has 1 fully saturated rings. The van der Waals surface area contributed by atoms with E-state index in [1.54, 1.807) is 0 Å². The highest BCUT2D eigenvalue weighted by Gasteiger charge is 2.18. The lowest BCUT2D eigenvalue weighted by Crippen LogP contribution is -2.34. The van der Waals surface area contributed by atoms with Crippen molar-refractivity contribution in [3.8, 4) is 0 Å². The van der Waals surface area contributed by atoms with Crippen LogP contribution in [0.5, 0.6) is 0 Å². The molecule has 70 valence electrons. The number of nitrogens with zero attached hydrogens (tertiary/aromatic N) is 1. The third kappa shape index (κ3) is 2.59. The van der Waals surface area contributed by atoms with Crippen molar-refractivity contribution in [3.05, 3.63) is 0 Å². The summed E-state index contributed by atoms with van der Waals surface area (Å²) in [7, 11) is 0. The minimum atomic E-state index is 0.287. The average molecular weight is 169 g/mol. The minimum absolute atomic E-state index is 0.287. The van der Waals surface area contributed by atoms with Crippen molar-refractivity contribution in [2.45, 2.75) is 39.2 Å². The summed E-state index contributed by atoms with van der Waals surface area (Å²) >= 11 is 0. The number of aldehydes is 1. The highest BCUT2D eigenvalue weighted by atomic mass is 16.1. The molecule has 0 aliphatic carbocycles. The Labute approximate surface area is 74.9 Å². The fourth-order valence-corrected chi connectivity index (χ4v) is 1.79. The van der Waals surface area contributed by atoms with Crippen molar-refractivity contribution in [3.63, 3.8) is 0 Å². The quantitative estimate of drug-likeness (QED) is 0.586. The molecule has 1 aliphatic heterocycles. The van der Waals surface area contributed by atoms with E-state index in [1.807, 2.05) is 0 Å². The first kappa shape index (κ1) is 9.72. The summed E-state index contributed by atoms with van der Waals surface area (Å²) < 4.78 is 0. The summed E-state index contributed by atoms with van der Waals surface area (Å²) in [5.74, 6) is 0.287. The molecule has 1 rings (SSSR count). The van der Waals surface area contributed by atoms with Crippen LogP contribution in [0, 0.1) is 5.92 Å². The molecule has 0 saturated carbocycles. The second-order valence-corrected chi connectivity index (χ2v) is 3.98. The van der Waals surface area contributed by atoms with Gasteiger partial charge in [0.05, 0.1) is 0 Å². The van der Waals surface area contributed by atoms with Gasteiger partial charge in [-0.2, -0.15) is 0 Å². The largest absolute Gasteiger partial charge is 0.303 e. The van der Waals surface area contributed by atoms with E-state index in [0.717, 1.165) is 19.3 Å². The van der Waals surface area contributed by atoms with Gasteiger partial charge < -0.3 is 9.69 Å². The highest BCUT2D eigenvalue weighted by Crippen LogP contribution is 2.16. The Balaban J connectivity index is 2.47. The molecule has 1 saturated heterocycles. The monoisotopic (exact) mass is 169 g/mol. The van der Waals surface area contributed by atoms with E-state index >= 15 is 0 Å². The van der Waals surface area contributed by atoms with Gasteiger partial charge in [-0.15, -0.1) is 0 Å². The Morgan fingerprint density at radius 3 is 2.75 bits per heavy atom. The van der Waals surface area contributed by atoms with Crippen molar-refractivity contribution < 1.29 is 4.79 Å². The number of rotatable bonds is 2. The van der Waals surface area contributed by atoms with Gasteiger partial charge in [0.1, 0.15) is 6.29 Å². The van der Waals surface area contributed by atoms with Crippen LogP contribution in [0.1, 0.15) is 33.1 Å². The highest BCUT2D eigenvalue weighted by molar-refractivity contribution is 5.53. The van der Waals surface area contributed by atoms with Crippen LogP contribution in [0.15, 0.2) is 0 Å². The molecule has 12 heavy (non-hydrogen) atoms. The Morgan fingerprint density at radius 1 is 1.42 bits per heavy atom. The first-order valence-electron chi connectivity index (χ1n) is 4.93. The summed E-state index contributed by atoms with van der Waals surface area (Å²) in [5.41, 5.74) is 0. The van der Waals surface area contributed by atoms with Crippen LogP contribution >= 0.6 is 0 Å². The van der Waals surface area contributed by atoms with Gasteiger partial charge >= 0.3 is 0 Å². The van der Waals surface area contributed by atoms with Crippen LogP contribution < -0.4 is 0 Å². The first-order chi connectivity index (χ1) is 5.74. The van der Waals surface area contributed by atoms with Gasteiger partial charge in [-0.25, -0.2) is 0 Å². The molecule has 1 aliphatic rings. The number of carbonyl (C=O) groups is 1. The molecule has 0 aromatic rings. The Bertz CT molecular complexity index is 145. The maximum absolute atomic E-state index is 10.7. The van der Waals surface area contributed by atoms with Gasteiger partial charge in [0, 0.05) is 18.5 Å². The maximum atomic E-state index is 10.7. The molecular formula is C10H19NO. The third-order valence-corrected chi connectivity index (χ3v) is 2.66. The lowest BCUT2D eigenvalue weighted by molar-refractivity contribution is -0.111. The molecule has 0 amide bonds. The van der Waals surface area contributed by atoms with E-state index in [0.29, 0.717) is 6.04 Å². The summed E-state index contributed by atoms with van der Waals surface area (Å²) in [6.07, 6.45) is 4.68. The first-order valence-corrected chi connectivity index (χ1v) is 4.93. The molecule has 1 heterocycles. The lowest BCUT2D eigenvalue weighted by Gasteiger charge is -2.25. The predicted molar refractivity (Wildman–Crippen MR) is 50.1 cm³/mol. The zero-order valence-corrected chi connectivity index (χ0v) is 8.12. The standard InChI is InChI=1S/C10H19NO/c1-9(2)11-6-4-3-5-10(7-11)8-12/h8-10H,3-7H2,1-2H3.